The van der Waals surface area contributed by atoms with Crippen molar-refractivity contribution in [2.45, 2.75) is 51.5 Å². The highest BCUT2D eigenvalue weighted by Crippen LogP contribution is 2.36. The Morgan fingerprint density at radius 2 is 1.88 bits per heavy atom. The minimum atomic E-state index is 0.140. The molecule has 0 unspecified atom stereocenters. The van der Waals surface area contributed by atoms with Crippen molar-refractivity contribution in [1.29, 1.82) is 0 Å². The topological polar surface area (TPSA) is 33.2 Å². The first-order valence-electron chi connectivity index (χ1n) is 9.06. The fourth-order valence-electron chi connectivity index (χ4n) is 4.22. The van der Waals surface area contributed by atoms with Crippen LogP contribution in [0.4, 0.5) is 0 Å². The standard InChI is InChI=1S/C20H24N2OS/c1-14-8-10-16(11-9-14)19-21-17(13-24-19)20(23)22-12-4-6-15-5-2-3-7-18(15)22/h8-11,13,15,18H,2-7,12H2,1H3/t15-,18-/m0/s1. The summed E-state index contributed by atoms with van der Waals surface area (Å²) in [6, 6.07) is 8.80. The van der Waals surface area contributed by atoms with Crippen LogP contribution in [0.2, 0.25) is 0 Å². The Balaban J connectivity index is 1.55. The van der Waals surface area contributed by atoms with Gasteiger partial charge < -0.3 is 4.90 Å². The van der Waals surface area contributed by atoms with Crippen LogP contribution >= 0.6 is 11.3 Å². The average Bonchev–Trinajstić information content (AvgIpc) is 3.11. The third-order valence-corrected chi connectivity index (χ3v) is 6.42. The summed E-state index contributed by atoms with van der Waals surface area (Å²) in [4.78, 5) is 19.8. The molecule has 1 aromatic carbocycles. The van der Waals surface area contributed by atoms with E-state index in [9.17, 15) is 4.79 Å². The van der Waals surface area contributed by atoms with Gasteiger partial charge in [0, 0.05) is 23.5 Å². The van der Waals surface area contributed by atoms with Crippen LogP contribution < -0.4 is 0 Å². The number of benzene rings is 1. The lowest BCUT2D eigenvalue weighted by molar-refractivity contribution is 0.0386. The summed E-state index contributed by atoms with van der Waals surface area (Å²) in [6.07, 6.45) is 7.49. The third-order valence-electron chi connectivity index (χ3n) is 5.53. The molecule has 2 heterocycles. The highest BCUT2D eigenvalue weighted by atomic mass is 32.1. The molecular formula is C20H24N2OS. The molecule has 0 N–H and O–H groups in total. The molecule has 24 heavy (non-hydrogen) atoms. The Morgan fingerprint density at radius 1 is 1.12 bits per heavy atom. The van der Waals surface area contributed by atoms with Crippen molar-refractivity contribution in [2.75, 3.05) is 6.54 Å². The Labute approximate surface area is 147 Å². The number of piperidine rings is 1. The van der Waals surface area contributed by atoms with Gasteiger partial charge in [0.1, 0.15) is 10.7 Å². The second-order valence-electron chi connectivity index (χ2n) is 7.16. The smallest absolute Gasteiger partial charge is 0.273 e. The van der Waals surface area contributed by atoms with Crippen molar-refractivity contribution in [3.05, 3.63) is 40.9 Å². The number of aromatic nitrogens is 1. The first kappa shape index (κ1) is 15.8. The molecule has 2 aromatic rings. The van der Waals surface area contributed by atoms with Gasteiger partial charge in [-0.05, 0) is 38.5 Å². The molecule has 1 saturated heterocycles. The molecule has 1 saturated carbocycles. The molecular weight excluding hydrogens is 316 g/mol. The Bertz CT molecular complexity index is 719. The van der Waals surface area contributed by atoms with Gasteiger partial charge in [0.2, 0.25) is 0 Å². The lowest BCUT2D eigenvalue weighted by Crippen LogP contribution is -2.49. The number of rotatable bonds is 2. The van der Waals surface area contributed by atoms with Crippen LogP contribution in [0.25, 0.3) is 10.6 Å². The van der Waals surface area contributed by atoms with E-state index in [0.29, 0.717) is 17.7 Å². The zero-order valence-corrected chi connectivity index (χ0v) is 15.0. The van der Waals surface area contributed by atoms with Crippen LogP contribution in [0.1, 0.15) is 54.6 Å². The molecule has 1 aromatic heterocycles. The molecule has 3 nitrogen and oxygen atoms in total. The van der Waals surface area contributed by atoms with Gasteiger partial charge in [0.15, 0.2) is 0 Å². The predicted octanol–water partition coefficient (Wildman–Crippen LogP) is 4.91. The fraction of sp³-hybridized carbons (Fsp3) is 0.500. The van der Waals surface area contributed by atoms with Crippen molar-refractivity contribution in [3.8, 4) is 10.6 Å². The van der Waals surface area contributed by atoms with E-state index < -0.39 is 0 Å². The van der Waals surface area contributed by atoms with Gasteiger partial charge in [0.25, 0.3) is 5.91 Å². The maximum atomic E-state index is 13.0. The summed E-state index contributed by atoms with van der Waals surface area (Å²) in [5, 5.41) is 2.87. The van der Waals surface area contributed by atoms with E-state index in [1.807, 2.05) is 5.38 Å². The number of amides is 1. The first-order chi connectivity index (χ1) is 11.7. The third kappa shape index (κ3) is 3.00. The van der Waals surface area contributed by atoms with E-state index in [4.69, 9.17) is 0 Å². The highest BCUT2D eigenvalue weighted by molar-refractivity contribution is 7.13. The number of aryl methyl sites for hydroxylation is 1. The molecule has 2 fully saturated rings. The second-order valence-corrected chi connectivity index (χ2v) is 8.01. The minimum absolute atomic E-state index is 0.140. The van der Waals surface area contributed by atoms with Crippen molar-refractivity contribution in [3.63, 3.8) is 0 Å². The number of hydrogen-bond donors (Lipinski definition) is 0. The van der Waals surface area contributed by atoms with Gasteiger partial charge in [-0.25, -0.2) is 4.98 Å². The van der Waals surface area contributed by atoms with Crippen molar-refractivity contribution >= 4 is 17.2 Å². The average molecular weight is 340 g/mol. The van der Waals surface area contributed by atoms with Gasteiger partial charge in [-0.1, -0.05) is 42.7 Å². The zero-order valence-electron chi connectivity index (χ0n) is 14.2. The maximum Gasteiger partial charge on any atom is 0.273 e. The fourth-order valence-corrected chi connectivity index (χ4v) is 5.02. The van der Waals surface area contributed by atoms with Crippen LogP contribution in [0.5, 0.6) is 0 Å². The van der Waals surface area contributed by atoms with Gasteiger partial charge in [0.05, 0.1) is 0 Å². The molecule has 126 valence electrons. The van der Waals surface area contributed by atoms with Crippen molar-refractivity contribution in [1.82, 2.24) is 9.88 Å². The van der Waals surface area contributed by atoms with Gasteiger partial charge >= 0.3 is 0 Å². The molecule has 0 radical (unpaired) electrons. The predicted molar refractivity (Wildman–Crippen MR) is 98.3 cm³/mol. The molecule has 4 heteroatoms. The van der Waals surface area contributed by atoms with Crippen LogP contribution in [0.15, 0.2) is 29.6 Å². The lowest BCUT2D eigenvalue weighted by atomic mass is 9.78. The maximum absolute atomic E-state index is 13.0. The van der Waals surface area contributed by atoms with E-state index in [0.717, 1.165) is 23.5 Å². The molecule has 4 rings (SSSR count). The molecule has 2 aliphatic rings. The van der Waals surface area contributed by atoms with Gasteiger partial charge in [-0.15, -0.1) is 11.3 Å². The number of hydrogen-bond acceptors (Lipinski definition) is 3. The molecule has 1 aliphatic heterocycles. The second kappa shape index (κ2) is 6.67. The van der Waals surface area contributed by atoms with Crippen LogP contribution in [0, 0.1) is 12.8 Å². The lowest BCUT2D eigenvalue weighted by Gasteiger charge is -2.43. The van der Waals surface area contributed by atoms with E-state index in [1.165, 1.54) is 37.7 Å². The number of fused-ring (bicyclic) bond motifs is 1. The molecule has 1 amide bonds. The van der Waals surface area contributed by atoms with Gasteiger partial charge in [-0.2, -0.15) is 0 Å². The van der Waals surface area contributed by atoms with E-state index in [-0.39, 0.29) is 5.91 Å². The van der Waals surface area contributed by atoms with E-state index in [2.05, 4.69) is 41.1 Å². The Kier molecular flexibility index (Phi) is 4.40. The summed E-state index contributed by atoms with van der Waals surface area (Å²) in [7, 11) is 0. The number of nitrogens with zero attached hydrogens (tertiary/aromatic N) is 2. The minimum Gasteiger partial charge on any atom is -0.334 e. The largest absolute Gasteiger partial charge is 0.334 e. The first-order valence-corrected chi connectivity index (χ1v) is 9.94. The number of carbonyl (C=O) groups excluding carboxylic acids is 1. The van der Waals surface area contributed by atoms with Crippen molar-refractivity contribution in [2.24, 2.45) is 5.92 Å². The quantitative estimate of drug-likeness (QED) is 0.778. The Hall–Kier alpha value is -1.68. The van der Waals surface area contributed by atoms with Crippen molar-refractivity contribution < 1.29 is 4.79 Å². The monoisotopic (exact) mass is 340 g/mol. The SMILES string of the molecule is Cc1ccc(-c2nc(C(=O)N3CCC[C@@H]4CCCC[C@@H]43)cs2)cc1. The van der Waals surface area contributed by atoms with Crippen LogP contribution in [-0.4, -0.2) is 28.4 Å². The summed E-state index contributed by atoms with van der Waals surface area (Å²) < 4.78 is 0. The zero-order chi connectivity index (χ0) is 16.5. The van der Waals surface area contributed by atoms with Crippen LogP contribution in [0.3, 0.4) is 0 Å². The molecule has 0 bridgehead atoms. The number of thiazole rings is 1. The number of likely N-dealkylation sites (tertiary alicyclic amines) is 1. The summed E-state index contributed by atoms with van der Waals surface area (Å²) in [5.41, 5.74) is 2.96. The summed E-state index contributed by atoms with van der Waals surface area (Å²) >= 11 is 1.57. The number of carbonyl (C=O) groups is 1. The molecule has 1 aliphatic carbocycles. The van der Waals surface area contributed by atoms with Gasteiger partial charge in [-0.3, -0.25) is 4.79 Å². The summed E-state index contributed by atoms with van der Waals surface area (Å²) in [5.74, 6) is 0.855. The molecule has 2 atom stereocenters. The highest BCUT2D eigenvalue weighted by Gasteiger charge is 2.36. The normalized spacial score (nSPS) is 23.8. The van der Waals surface area contributed by atoms with E-state index in [1.54, 1.807) is 11.3 Å². The Morgan fingerprint density at radius 3 is 2.71 bits per heavy atom. The van der Waals surface area contributed by atoms with Crippen LogP contribution in [-0.2, 0) is 0 Å². The summed E-state index contributed by atoms with van der Waals surface area (Å²) in [6.45, 7) is 2.98. The molecule has 0 spiro atoms. The van der Waals surface area contributed by atoms with E-state index >= 15 is 0 Å².